The van der Waals surface area contributed by atoms with Crippen molar-refractivity contribution >= 4 is 23.5 Å². The van der Waals surface area contributed by atoms with Crippen LogP contribution in [0.15, 0.2) is 47.5 Å². The number of carbonyl (C=O) groups is 1. The largest absolute Gasteiger partial charge is 0.504 e. The van der Waals surface area contributed by atoms with Crippen LogP contribution in [-0.2, 0) is 4.79 Å². The molecule has 12 nitrogen and oxygen atoms in total. The highest BCUT2D eigenvalue weighted by Gasteiger charge is 2.26. The summed E-state index contributed by atoms with van der Waals surface area (Å²) in [4.78, 5) is 18.3. The normalized spacial score (nSPS) is 10.3. The molecule has 0 aliphatic heterocycles. The third-order valence-corrected chi connectivity index (χ3v) is 4.09. The van der Waals surface area contributed by atoms with Crippen molar-refractivity contribution in [3.05, 3.63) is 59.7 Å². The van der Waals surface area contributed by atoms with Gasteiger partial charge in [0.1, 0.15) is 11.6 Å². The molecule has 0 saturated carbocycles. The molecule has 2 aromatic carbocycles. The molecule has 1 heterocycles. The molecule has 0 amide bonds. The summed E-state index contributed by atoms with van der Waals surface area (Å²) < 4.78 is 45.4. The van der Waals surface area contributed by atoms with Gasteiger partial charge < -0.3 is 41.6 Å². The van der Waals surface area contributed by atoms with E-state index in [0.29, 0.717) is 0 Å². The van der Waals surface area contributed by atoms with Gasteiger partial charge in [-0.05, 0) is 30.3 Å². The van der Waals surface area contributed by atoms with E-state index < -0.39 is 47.5 Å². The highest BCUT2D eigenvalue weighted by Crippen LogP contribution is 2.39. The quantitative estimate of drug-likeness (QED) is 0.191. The predicted octanol–water partition coefficient (Wildman–Crippen LogP) is 2.30. The summed E-state index contributed by atoms with van der Waals surface area (Å²) in [6, 6.07) is 9.23. The minimum absolute atomic E-state index is 0.0259. The van der Waals surface area contributed by atoms with Gasteiger partial charge in [-0.1, -0.05) is 6.07 Å². The van der Waals surface area contributed by atoms with E-state index in [2.05, 4.69) is 9.98 Å². The van der Waals surface area contributed by atoms with Crippen molar-refractivity contribution in [2.24, 2.45) is 22.2 Å². The molecule has 0 spiro atoms. The number of benzene rings is 2. The summed E-state index contributed by atoms with van der Waals surface area (Å²) in [7, 11) is 0. The number of rotatable bonds is 9. The van der Waals surface area contributed by atoms with E-state index in [1.807, 2.05) is 0 Å². The molecule has 3 rings (SSSR count). The Morgan fingerprint density at radius 3 is 2.37 bits per heavy atom. The van der Waals surface area contributed by atoms with Crippen LogP contribution in [0.25, 0.3) is 0 Å². The molecule has 0 saturated heterocycles. The average molecular weight is 488 g/mol. The third kappa shape index (κ3) is 6.01. The van der Waals surface area contributed by atoms with Crippen LogP contribution in [0.4, 0.5) is 14.5 Å². The van der Waals surface area contributed by atoms with Crippen LogP contribution in [0.2, 0.25) is 0 Å². The molecule has 0 radical (unpaired) electrons. The van der Waals surface area contributed by atoms with E-state index in [-0.39, 0.29) is 34.5 Å². The zero-order chi connectivity index (χ0) is 25.7. The van der Waals surface area contributed by atoms with Gasteiger partial charge in [0.15, 0.2) is 24.1 Å². The summed E-state index contributed by atoms with van der Waals surface area (Å²) in [6.07, 6.45) is 0. The van der Waals surface area contributed by atoms with Crippen molar-refractivity contribution in [3.8, 4) is 34.8 Å². The van der Waals surface area contributed by atoms with E-state index in [1.54, 1.807) is 0 Å². The lowest BCUT2D eigenvalue weighted by Crippen LogP contribution is -2.21. The van der Waals surface area contributed by atoms with Crippen LogP contribution >= 0.6 is 0 Å². The monoisotopic (exact) mass is 488 g/mol. The van der Waals surface area contributed by atoms with Gasteiger partial charge in [-0.25, -0.2) is 9.79 Å². The van der Waals surface area contributed by atoms with Gasteiger partial charge in [0.2, 0.25) is 17.4 Å². The molecule has 3 aromatic rings. The zero-order valence-electron chi connectivity index (χ0n) is 17.7. The maximum Gasteiger partial charge on any atom is 0.341 e. The van der Waals surface area contributed by atoms with Crippen LogP contribution in [0.5, 0.6) is 34.8 Å². The van der Waals surface area contributed by atoms with Crippen molar-refractivity contribution < 1.29 is 38.0 Å². The highest BCUT2D eigenvalue weighted by atomic mass is 19.1. The van der Waals surface area contributed by atoms with Crippen molar-refractivity contribution in [1.29, 1.82) is 5.41 Å². The zero-order valence-corrected chi connectivity index (χ0v) is 17.7. The van der Waals surface area contributed by atoms with Crippen molar-refractivity contribution in [2.75, 3.05) is 6.61 Å². The molecule has 14 heteroatoms. The molecule has 0 fully saturated rings. The van der Waals surface area contributed by atoms with Crippen LogP contribution < -0.4 is 31.4 Å². The van der Waals surface area contributed by atoms with Gasteiger partial charge in [-0.3, -0.25) is 5.41 Å². The molecule has 0 aliphatic rings. The van der Waals surface area contributed by atoms with Gasteiger partial charge in [0, 0.05) is 11.6 Å². The Balaban J connectivity index is 2.08. The number of nitrogens with one attached hydrogen (secondary N) is 1. The summed E-state index contributed by atoms with van der Waals surface area (Å²) in [5.74, 6) is -8.97. The van der Waals surface area contributed by atoms with Gasteiger partial charge >= 0.3 is 5.97 Å². The second-order valence-corrected chi connectivity index (χ2v) is 6.70. The predicted molar refractivity (Wildman–Crippen MR) is 118 cm³/mol. The summed E-state index contributed by atoms with van der Waals surface area (Å²) in [5, 5.41) is 26.4. The minimum atomic E-state index is -1.52. The molecular weight excluding hydrogens is 470 g/mol. The number of phenolic OH excluding ortho intramolecular Hbond substituents is 1. The Morgan fingerprint density at radius 1 is 1.06 bits per heavy atom. The SMILES string of the molecule is N=C(N)c1ccc(O)c(Oc2nc(Oc3cccc(N=C(N)N)c3)c(F)c(OCC(=O)O)c2F)c1. The van der Waals surface area contributed by atoms with Crippen molar-refractivity contribution in [1.82, 2.24) is 4.98 Å². The molecule has 0 atom stereocenters. The molecule has 9 N–H and O–H groups in total. The number of phenols is 1. The number of hydrogen-bond donors (Lipinski definition) is 6. The first-order chi connectivity index (χ1) is 16.5. The van der Waals surface area contributed by atoms with Crippen molar-refractivity contribution in [2.45, 2.75) is 0 Å². The standard InChI is InChI=1S/C21H18F2N6O6/c22-15-17(33-8-14(31)32)16(23)20(35-13-6-9(18(24)25)4-5-12(13)30)29-19(15)34-11-3-1-2-10(7-11)28-21(26)27/h1-7,30H,8H2,(H3,24,25)(H,31,32)(H4,26,27,28). The first kappa shape index (κ1) is 24.5. The number of hydrogen-bond acceptors (Lipinski definition) is 8. The number of nitrogen functional groups attached to an aromatic ring is 1. The maximum absolute atomic E-state index is 15.0. The second-order valence-electron chi connectivity index (χ2n) is 6.70. The fourth-order valence-electron chi connectivity index (χ4n) is 2.62. The van der Waals surface area contributed by atoms with Gasteiger partial charge in [-0.15, -0.1) is 0 Å². The lowest BCUT2D eigenvalue weighted by atomic mass is 10.2. The number of aromatic hydroxyl groups is 1. The van der Waals surface area contributed by atoms with Crippen LogP contribution in [0.1, 0.15) is 5.56 Å². The summed E-state index contributed by atoms with van der Waals surface area (Å²) in [5.41, 5.74) is 16.4. The van der Waals surface area contributed by atoms with Crippen LogP contribution in [0, 0.1) is 17.0 Å². The smallest absolute Gasteiger partial charge is 0.341 e. The van der Waals surface area contributed by atoms with E-state index in [0.717, 1.165) is 12.1 Å². The first-order valence-electron chi connectivity index (χ1n) is 9.51. The number of amidine groups is 1. The number of guanidine groups is 1. The number of aromatic nitrogens is 1. The van der Waals surface area contributed by atoms with Crippen LogP contribution in [0.3, 0.4) is 0 Å². The minimum Gasteiger partial charge on any atom is -0.504 e. The molecule has 0 unspecified atom stereocenters. The van der Waals surface area contributed by atoms with E-state index in [1.165, 1.54) is 30.3 Å². The van der Waals surface area contributed by atoms with Gasteiger partial charge in [0.25, 0.3) is 11.8 Å². The Labute approximate surface area is 195 Å². The summed E-state index contributed by atoms with van der Waals surface area (Å²) in [6.45, 7) is -1.10. The van der Waals surface area contributed by atoms with E-state index >= 15 is 0 Å². The molecule has 35 heavy (non-hydrogen) atoms. The number of nitrogens with two attached hydrogens (primary N) is 3. The van der Waals surface area contributed by atoms with Crippen molar-refractivity contribution in [3.63, 3.8) is 0 Å². The number of aliphatic carboxylic acids is 1. The van der Waals surface area contributed by atoms with E-state index in [9.17, 15) is 18.7 Å². The Kier molecular flexibility index (Phi) is 7.14. The number of carboxylic acid groups (broad SMARTS) is 1. The number of nitrogens with zero attached hydrogens (tertiary/aromatic N) is 2. The van der Waals surface area contributed by atoms with Gasteiger partial charge in [0.05, 0.1) is 5.69 Å². The Hall–Kier alpha value is -5.14. The third-order valence-electron chi connectivity index (χ3n) is 4.09. The fourth-order valence-corrected chi connectivity index (χ4v) is 2.62. The number of halogens is 2. The molecule has 1 aromatic heterocycles. The molecule has 0 bridgehead atoms. The highest BCUT2D eigenvalue weighted by molar-refractivity contribution is 5.95. The van der Waals surface area contributed by atoms with E-state index in [4.69, 9.17) is 41.9 Å². The number of aliphatic imine (C=N–C) groups is 1. The lowest BCUT2D eigenvalue weighted by Gasteiger charge is -2.15. The van der Waals surface area contributed by atoms with Gasteiger partial charge in [-0.2, -0.15) is 13.8 Å². The topological polar surface area (TPSA) is 212 Å². The Morgan fingerprint density at radius 2 is 1.74 bits per heavy atom. The number of pyridine rings is 1. The second kappa shape index (κ2) is 10.2. The molecular formula is C21H18F2N6O6. The average Bonchev–Trinajstić information content (AvgIpc) is 2.77. The first-order valence-corrected chi connectivity index (χ1v) is 9.51. The molecule has 182 valence electrons. The van der Waals surface area contributed by atoms with Crippen LogP contribution in [-0.4, -0.2) is 39.6 Å². The maximum atomic E-state index is 15.0. The summed E-state index contributed by atoms with van der Waals surface area (Å²) >= 11 is 0. The Bertz CT molecular complexity index is 1330. The lowest BCUT2D eigenvalue weighted by molar-refractivity contribution is -0.139. The number of carboxylic acids is 1. The molecule has 0 aliphatic carbocycles. The number of ether oxygens (including phenoxy) is 3. The fraction of sp³-hybridized carbons (Fsp3) is 0.0476.